The Bertz CT molecular complexity index is 1510. The van der Waals surface area contributed by atoms with Crippen LogP contribution in [0, 0.1) is 11.8 Å². The Balaban J connectivity index is 1.67. The van der Waals surface area contributed by atoms with E-state index in [1.165, 1.54) is 11.0 Å². The van der Waals surface area contributed by atoms with Gasteiger partial charge in [-0.15, -0.1) is 0 Å². The SMILES string of the molecule is CN(C)Cc1ccc(-c2ccc(O)c3c2C[C@H]2C[C@H]4[C@@H](N(C)C)C(=O)C(C(N)=O)=C(O)[C@@]4(O)C(=O)C2=C3O)cc1. The quantitative estimate of drug-likeness (QED) is 0.350. The molecule has 3 aliphatic rings. The molecule has 210 valence electrons. The number of amides is 1. The number of benzene rings is 2. The minimum Gasteiger partial charge on any atom is -0.508 e. The molecule has 3 aliphatic carbocycles. The van der Waals surface area contributed by atoms with Gasteiger partial charge in [0.15, 0.2) is 11.4 Å². The first-order valence-corrected chi connectivity index (χ1v) is 13.0. The number of likely N-dealkylation sites (N-methyl/N-ethyl adjacent to an activating group) is 1. The van der Waals surface area contributed by atoms with Gasteiger partial charge < -0.3 is 31.1 Å². The molecule has 2 aromatic carbocycles. The average Bonchev–Trinajstić information content (AvgIpc) is 2.86. The zero-order valence-electron chi connectivity index (χ0n) is 22.8. The molecule has 4 atom stereocenters. The number of phenols is 1. The Morgan fingerprint density at radius 3 is 2.25 bits per heavy atom. The normalized spacial score (nSPS) is 26.2. The van der Waals surface area contributed by atoms with E-state index in [-0.39, 0.29) is 29.7 Å². The van der Waals surface area contributed by atoms with Crippen molar-refractivity contribution in [1.82, 2.24) is 9.80 Å². The third-order valence-electron chi connectivity index (χ3n) is 8.37. The summed E-state index contributed by atoms with van der Waals surface area (Å²) in [5.41, 5.74) is 5.17. The van der Waals surface area contributed by atoms with E-state index in [0.29, 0.717) is 5.56 Å². The van der Waals surface area contributed by atoms with Crippen LogP contribution in [0.5, 0.6) is 5.75 Å². The summed E-state index contributed by atoms with van der Waals surface area (Å²) in [6.07, 6.45) is 0.278. The molecule has 0 aromatic heterocycles. The van der Waals surface area contributed by atoms with Gasteiger partial charge >= 0.3 is 0 Å². The lowest BCUT2D eigenvalue weighted by Gasteiger charge is -2.50. The van der Waals surface area contributed by atoms with Crippen LogP contribution in [-0.4, -0.2) is 87.5 Å². The molecular formula is C30H33N3O7. The van der Waals surface area contributed by atoms with Crippen LogP contribution in [-0.2, 0) is 27.3 Å². The first-order valence-electron chi connectivity index (χ1n) is 13.0. The van der Waals surface area contributed by atoms with Crippen LogP contribution in [0.15, 0.2) is 53.3 Å². The number of primary amides is 1. The van der Waals surface area contributed by atoms with E-state index >= 15 is 0 Å². The summed E-state index contributed by atoms with van der Waals surface area (Å²) in [6, 6.07) is 10.0. The van der Waals surface area contributed by atoms with Crippen molar-refractivity contribution in [2.45, 2.75) is 31.0 Å². The van der Waals surface area contributed by atoms with Gasteiger partial charge in [0.25, 0.3) is 5.91 Å². The highest BCUT2D eigenvalue weighted by Crippen LogP contribution is 2.53. The van der Waals surface area contributed by atoms with Crippen molar-refractivity contribution in [3.8, 4) is 16.9 Å². The second-order valence-electron chi connectivity index (χ2n) is 11.4. The Morgan fingerprint density at radius 1 is 1.02 bits per heavy atom. The maximum atomic E-state index is 14.0. The first-order chi connectivity index (χ1) is 18.8. The molecule has 0 radical (unpaired) electrons. The Labute approximate surface area is 231 Å². The van der Waals surface area contributed by atoms with Crippen LogP contribution >= 0.6 is 0 Å². The fourth-order valence-corrected chi connectivity index (χ4v) is 6.67. The van der Waals surface area contributed by atoms with Crippen LogP contribution in [0.25, 0.3) is 16.9 Å². The van der Waals surface area contributed by atoms with Gasteiger partial charge in [-0.3, -0.25) is 19.3 Å². The maximum absolute atomic E-state index is 14.0. The zero-order chi connectivity index (χ0) is 29.3. The second kappa shape index (κ2) is 9.58. The number of ketones is 2. The molecule has 6 N–H and O–H groups in total. The molecule has 0 unspecified atom stereocenters. The van der Waals surface area contributed by atoms with Gasteiger partial charge in [0.05, 0.1) is 11.6 Å². The third kappa shape index (κ3) is 3.94. The number of hydrogen-bond acceptors (Lipinski definition) is 9. The molecule has 1 saturated carbocycles. The molecule has 10 heteroatoms. The number of phenolic OH excluding ortho intramolecular Hbond substituents is 1. The molecule has 1 fully saturated rings. The molecular weight excluding hydrogens is 514 g/mol. The lowest BCUT2D eigenvalue weighted by molar-refractivity contribution is -0.153. The summed E-state index contributed by atoms with van der Waals surface area (Å²) in [5.74, 6) is -6.64. The summed E-state index contributed by atoms with van der Waals surface area (Å²) in [5, 5.41) is 44.9. The summed E-state index contributed by atoms with van der Waals surface area (Å²) in [4.78, 5) is 42.8. The third-order valence-corrected chi connectivity index (χ3v) is 8.37. The van der Waals surface area contributed by atoms with E-state index in [1.54, 1.807) is 20.2 Å². The molecule has 0 saturated heterocycles. The molecule has 2 aromatic rings. The van der Waals surface area contributed by atoms with Gasteiger partial charge in [0.2, 0.25) is 5.78 Å². The lowest BCUT2D eigenvalue weighted by Crippen LogP contribution is -2.65. The van der Waals surface area contributed by atoms with Crippen LogP contribution in [0.1, 0.15) is 23.1 Å². The highest BCUT2D eigenvalue weighted by molar-refractivity contribution is 6.24. The number of carbonyl (C=O) groups is 3. The van der Waals surface area contributed by atoms with Crippen LogP contribution in [0.2, 0.25) is 0 Å². The first kappa shape index (κ1) is 27.6. The smallest absolute Gasteiger partial charge is 0.255 e. The van der Waals surface area contributed by atoms with Crippen molar-refractivity contribution in [3.05, 3.63) is 70.0 Å². The number of nitrogens with two attached hydrogens (primary N) is 1. The number of hydrogen-bond donors (Lipinski definition) is 5. The second-order valence-corrected chi connectivity index (χ2v) is 11.4. The number of aliphatic hydroxyl groups excluding tert-OH is 2. The van der Waals surface area contributed by atoms with E-state index in [9.17, 15) is 34.8 Å². The number of rotatable bonds is 5. The van der Waals surface area contributed by atoms with Crippen molar-refractivity contribution >= 4 is 23.2 Å². The minimum absolute atomic E-state index is 0.0443. The minimum atomic E-state index is -2.65. The summed E-state index contributed by atoms with van der Waals surface area (Å²) in [7, 11) is 7.11. The molecule has 0 spiro atoms. The highest BCUT2D eigenvalue weighted by Gasteiger charge is 2.64. The molecule has 1 amide bonds. The molecule has 0 aliphatic heterocycles. The van der Waals surface area contributed by atoms with Gasteiger partial charge in [-0.1, -0.05) is 30.3 Å². The highest BCUT2D eigenvalue weighted by atomic mass is 16.3. The van der Waals surface area contributed by atoms with Crippen LogP contribution in [0.3, 0.4) is 0 Å². The predicted octanol–water partition coefficient (Wildman–Crippen LogP) is 1.69. The molecule has 0 heterocycles. The van der Waals surface area contributed by atoms with Crippen molar-refractivity contribution in [3.63, 3.8) is 0 Å². The van der Waals surface area contributed by atoms with Crippen molar-refractivity contribution in [2.75, 3.05) is 28.2 Å². The molecule has 0 bridgehead atoms. The molecule has 5 rings (SSSR count). The molecule has 10 nitrogen and oxygen atoms in total. The number of carbonyl (C=O) groups excluding carboxylic acids is 3. The number of aliphatic hydroxyl groups is 3. The Kier molecular flexibility index (Phi) is 6.60. The number of Topliss-reactive ketones (excluding diaryl/α,β-unsaturated/α-hetero) is 2. The number of nitrogens with zero attached hydrogens (tertiary/aromatic N) is 2. The fourth-order valence-electron chi connectivity index (χ4n) is 6.67. The summed E-state index contributed by atoms with van der Waals surface area (Å²) < 4.78 is 0. The van der Waals surface area contributed by atoms with Crippen molar-refractivity contribution in [2.24, 2.45) is 17.6 Å². The van der Waals surface area contributed by atoms with E-state index in [2.05, 4.69) is 4.90 Å². The van der Waals surface area contributed by atoms with Crippen LogP contribution in [0.4, 0.5) is 0 Å². The largest absolute Gasteiger partial charge is 0.508 e. The predicted molar refractivity (Wildman–Crippen MR) is 147 cm³/mol. The van der Waals surface area contributed by atoms with E-state index in [1.807, 2.05) is 38.4 Å². The van der Waals surface area contributed by atoms with Crippen molar-refractivity contribution in [1.29, 1.82) is 0 Å². The number of fused-ring (bicyclic) bond motifs is 3. The standard InChI is InChI=1S/C30H33N3O7/c1-32(2)13-14-5-7-15(8-6-14)17-9-10-20(34)22-18(17)11-16-12-19-24(33(3)4)26(36)23(29(31)39)28(38)30(19,40)27(37)21(16)25(22)35/h5-10,16,19,24,34-35,38,40H,11-13H2,1-4H3,(H2,31,39)/t16-,19-,24+,30-/m0/s1. The zero-order valence-corrected chi connectivity index (χ0v) is 22.8. The lowest BCUT2D eigenvalue weighted by atomic mass is 9.57. The van der Waals surface area contributed by atoms with Crippen molar-refractivity contribution < 1.29 is 34.8 Å². The number of aromatic hydroxyl groups is 1. The van der Waals surface area contributed by atoms with Crippen LogP contribution < -0.4 is 5.73 Å². The van der Waals surface area contributed by atoms with Gasteiger partial charge in [-0.25, -0.2) is 0 Å². The van der Waals surface area contributed by atoms with E-state index in [0.717, 1.165) is 23.2 Å². The summed E-state index contributed by atoms with van der Waals surface area (Å²) >= 11 is 0. The fraction of sp³-hybridized carbons (Fsp3) is 0.367. The van der Waals surface area contributed by atoms with Gasteiger partial charge in [-0.05, 0) is 75.3 Å². The molecule has 40 heavy (non-hydrogen) atoms. The van der Waals surface area contributed by atoms with E-state index < -0.39 is 58.0 Å². The van der Waals surface area contributed by atoms with Gasteiger partial charge in [0, 0.05) is 18.0 Å². The van der Waals surface area contributed by atoms with E-state index in [4.69, 9.17) is 5.73 Å². The van der Waals surface area contributed by atoms with Gasteiger partial charge in [0.1, 0.15) is 22.8 Å². The van der Waals surface area contributed by atoms with Gasteiger partial charge in [-0.2, -0.15) is 0 Å². The topological polar surface area (TPSA) is 165 Å². The monoisotopic (exact) mass is 547 g/mol. The Hall–Kier alpha value is -3.99. The maximum Gasteiger partial charge on any atom is 0.255 e. The Morgan fingerprint density at radius 2 is 1.68 bits per heavy atom. The summed E-state index contributed by atoms with van der Waals surface area (Å²) in [6.45, 7) is 0.764. The average molecular weight is 548 g/mol.